The molecule has 0 radical (unpaired) electrons. The number of carboxylic acids is 1. The maximum atomic E-state index is 12.3. The minimum Gasteiger partial charge on any atom is -0.481 e. The number of amides is 1. The highest BCUT2D eigenvalue weighted by molar-refractivity contribution is 7.51. The molecule has 4 aliphatic rings. The number of aliphatic carboxylic acids is 1. The number of carbonyl (C=O) groups excluding carboxylic acids is 1. The van der Waals surface area contributed by atoms with Gasteiger partial charge in [-0.25, -0.2) is 0 Å². The lowest BCUT2D eigenvalue weighted by Crippen LogP contribution is -2.57. The molecule has 218 valence electrons. The minimum atomic E-state index is -4.45. The zero-order valence-corrected chi connectivity index (χ0v) is 24.4. The lowest BCUT2D eigenvalue weighted by atomic mass is 9.44. The van der Waals surface area contributed by atoms with E-state index in [-0.39, 0.29) is 30.3 Å². The Morgan fingerprint density at radius 3 is 2.39 bits per heavy atom. The first-order chi connectivity index (χ1) is 17.8. The molecule has 8 nitrogen and oxygen atoms in total. The average molecular weight is 556 g/mol. The minimum absolute atomic E-state index is 0.0602. The summed E-state index contributed by atoms with van der Waals surface area (Å²) in [6.45, 7) is 7.80. The molecule has 4 aliphatic carbocycles. The Labute approximate surface area is 227 Å². The van der Waals surface area contributed by atoms with Gasteiger partial charge in [0.15, 0.2) is 0 Å². The molecule has 9 heteroatoms. The lowest BCUT2D eigenvalue weighted by molar-refractivity contribution is -0.164. The van der Waals surface area contributed by atoms with Crippen LogP contribution in [0.2, 0.25) is 0 Å². The second kappa shape index (κ2) is 11.5. The molecule has 0 aliphatic heterocycles. The van der Waals surface area contributed by atoms with Crippen molar-refractivity contribution in [3.8, 4) is 0 Å². The van der Waals surface area contributed by atoms with Gasteiger partial charge >= 0.3 is 13.6 Å². The van der Waals surface area contributed by atoms with E-state index in [4.69, 9.17) is 9.79 Å². The van der Waals surface area contributed by atoms with Gasteiger partial charge in [-0.3, -0.25) is 14.2 Å². The summed E-state index contributed by atoms with van der Waals surface area (Å²) in [5.74, 6) is 0.515. The molecule has 0 aromatic heterocycles. The molecule has 38 heavy (non-hydrogen) atoms. The molecule has 0 bridgehead atoms. The largest absolute Gasteiger partial charge is 0.481 e. The van der Waals surface area contributed by atoms with Crippen LogP contribution in [0.25, 0.3) is 0 Å². The molecule has 4 saturated carbocycles. The zero-order chi connectivity index (χ0) is 27.9. The summed E-state index contributed by atoms with van der Waals surface area (Å²) in [5.41, 5.74) is 0.614. The predicted molar refractivity (Wildman–Crippen MR) is 145 cm³/mol. The van der Waals surface area contributed by atoms with Gasteiger partial charge in [-0.05, 0) is 104 Å². The summed E-state index contributed by atoms with van der Waals surface area (Å²) in [6.07, 6.45) is 10.8. The molecule has 1 amide bonds. The monoisotopic (exact) mass is 555 g/mol. The van der Waals surface area contributed by atoms with E-state index in [1.54, 1.807) is 0 Å². The maximum absolute atomic E-state index is 12.3. The van der Waals surface area contributed by atoms with E-state index in [9.17, 15) is 24.4 Å². The SMILES string of the molecule is C[C@H](CCNC(=O)CCC(CP(=O)(O)O)C(=O)O)C1CCC2C3C(O)CC4CCCCC4(C)C3CCC21C. The zero-order valence-electron chi connectivity index (χ0n) is 23.5. The number of carboxylic acid groups (broad SMARTS) is 1. The van der Waals surface area contributed by atoms with Gasteiger partial charge in [0.05, 0.1) is 18.2 Å². The van der Waals surface area contributed by atoms with E-state index in [1.165, 1.54) is 51.4 Å². The molecule has 4 fully saturated rings. The van der Waals surface area contributed by atoms with Crippen molar-refractivity contribution >= 4 is 19.5 Å². The van der Waals surface area contributed by atoms with Gasteiger partial charge in [-0.2, -0.15) is 0 Å². The van der Waals surface area contributed by atoms with Crippen molar-refractivity contribution in [2.45, 2.75) is 104 Å². The van der Waals surface area contributed by atoms with Gasteiger partial charge in [-0.15, -0.1) is 0 Å². The second-order valence-corrected chi connectivity index (χ2v) is 15.5. The number of hydrogen-bond acceptors (Lipinski definition) is 4. The molecule has 0 heterocycles. The summed E-state index contributed by atoms with van der Waals surface area (Å²) >= 11 is 0. The van der Waals surface area contributed by atoms with Crippen LogP contribution in [-0.4, -0.2) is 50.7 Å². The van der Waals surface area contributed by atoms with Crippen LogP contribution < -0.4 is 5.32 Å². The van der Waals surface area contributed by atoms with Crippen molar-refractivity contribution in [3.05, 3.63) is 0 Å². The molecule has 0 aromatic carbocycles. The first-order valence-corrected chi connectivity index (χ1v) is 16.8. The van der Waals surface area contributed by atoms with E-state index in [0.29, 0.717) is 47.5 Å². The summed E-state index contributed by atoms with van der Waals surface area (Å²) in [5, 5.41) is 23.5. The van der Waals surface area contributed by atoms with Crippen LogP contribution in [0.3, 0.4) is 0 Å². The molecule has 0 saturated heterocycles. The standard InChI is InChI=1S/C29H50NO7P/c1-18(12-15-30-25(32)10-7-19(27(33)34)17-38(35,36)37)21-8-9-22-26-23(11-14-29(21,22)3)28(2)13-5-4-6-20(28)16-24(26)31/h18-24,26,31H,4-17H2,1-3H3,(H,30,32)(H,33,34)(H2,35,36,37)/t18-,19?,20?,21?,22?,23?,24?,26?,28?,29?/m1/s1. The molecular weight excluding hydrogens is 505 g/mol. The number of aliphatic hydroxyl groups is 1. The van der Waals surface area contributed by atoms with Crippen molar-refractivity contribution in [3.63, 3.8) is 0 Å². The van der Waals surface area contributed by atoms with Crippen LogP contribution in [0.15, 0.2) is 0 Å². The van der Waals surface area contributed by atoms with Gasteiger partial charge < -0.3 is 25.3 Å². The number of fused-ring (bicyclic) bond motifs is 5. The van der Waals surface area contributed by atoms with Crippen molar-refractivity contribution in [2.75, 3.05) is 12.7 Å². The van der Waals surface area contributed by atoms with Gasteiger partial charge in [-0.1, -0.05) is 33.6 Å². The van der Waals surface area contributed by atoms with Crippen LogP contribution in [0.1, 0.15) is 97.8 Å². The highest BCUT2D eigenvalue weighted by Crippen LogP contribution is 2.68. The highest BCUT2D eigenvalue weighted by atomic mass is 31.2. The van der Waals surface area contributed by atoms with Crippen molar-refractivity contribution in [1.82, 2.24) is 5.32 Å². The Hall–Kier alpha value is -0.950. The fourth-order valence-corrected chi connectivity index (χ4v) is 10.8. The number of hydrogen-bond donors (Lipinski definition) is 5. The Morgan fingerprint density at radius 2 is 1.71 bits per heavy atom. The molecule has 0 aromatic rings. The summed E-state index contributed by atoms with van der Waals surface area (Å²) in [7, 11) is -4.45. The number of carbonyl (C=O) groups is 2. The third-order valence-corrected chi connectivity index (χ3v) is 12.7. The third kappa shape index (κ3) is 6.04. The first kappa shape index (κ1) is 30.0. The van der Waals surface area contributed by atoms with E-state index in [0.717, 1.165) is 12.8 Å². The summed E-state index contributed by atoms with van der Waals surface area (Å²) in [4.78, 5) is 41.8. The van der Waals surface area contributed by atoms with E-state index >= 15 is 0 Å². The maximum Gasteiger partial charge on any atom is 0.326 e. The van der Waals surface area contributed by atoms with Crippen LogP contribution in [0.5, 0.6) is 0 Å². The first-order valence-electron chi connectivity index (χ1n) is 15.0. The van der Waals surface area contributed by atoms with Crippen LogP contribution in [0, 0.1) is 52.3 Å². The molecule has 10 atom stereocenters. The van der Waals surface area contributed by atoms with Gasteiger partial charge in [0.1, 0.15) is 0 Å². The smallest absolute Gasteiger partial charge is 0.326 e. The van der Waals surface area contributed by atoms with Gasteiger partial charge in [0, 0.05) is 13.0 Å². The highest BCUT2D eigenvalue weighted by Gasteiger charge is 2.62. The van der Waals surface area contributed by atoms with E-state index in [1.807, 2.05) is 0 Å². The van der Waals surface area contributed by atoms with Gasteiger partial charge in [0.25, 0.3) is 0 Å². The van der Waals surface area contributed by atoms with Crippen molar-refractivity contribution in [2.24, 2.45) is 52.3 Å². The second-order valence-electron chi connectivity index (χ2n) is 13.8. The number of nitrogens with one attached hydrogen (secondary N) is 1. The van der Waals surface area contributed by atoms with Crippen LogP contribution in [-0.2, 0) is 14.2 Å². The summed E-state index contributed by atoms with van der Waals surface area (Å²) < 4.78 is 11.2. The third-order valence-electron chi connectivity index (χ3n) is 11.8. The number of aliphatic hydroxyl groups excluding tert-OH is 1. The molecular formula is C29H50NO7P. The molecule has 5 N–H and O–H groups in total. The quantitative estimate of drug-likeness (QED) is 0.243. The fourth-order valence-electron chi connectivity index (χ4n) is 9.84. The predicted octanol–water partition coefficient (Wildman–Crippen LogP) is 4.81. The number of rotatable bonds is 10. The topological polar surface area (TPSA) is 144 Å². The van der Waals surface area contributed by atoms with Crippen LogP contribution in [0.4, 0.5) is 0 Å². The van der Waals surface area contributed by atoms with Gasteiger partial charge in [0.2, 0.25) is 5.91 Å². The Morgan fingerprint density at radius 1 is 1.00 bits per heavy atom. The van der Waals surface area contributed by atoms with E-state index < -0.39 is 25.6 Å². The molecule has 0 spiro atoms. The molecule has 9 unspecified atom stereocenters. The Balaban J connectivity index is 1.30. The Kier molecular flexibility index (Phi) is 9.09. The molecule has 4 rings (SSSR count). The van der Waals surface area contributed by atoms with Crippen molar-refractivity contribution < 1.29 is 34.2 Å². The fraction of sp³-hybridized carbons (Fsp3) is 0.931. The summed E-state index contributed by atoms with van der Waals surface area (Å²) in [6, 6.07) is 0. The van der Waals surface area contributed by atoms with Crippen LogP contribution >= 0.6 is 7.60 Å². The lowest BCUT2D eigenvalue weighted by Gasteiger charge is -2.62. The average Bonchev–Trinajstić information content (AvgIpc) is 3.18. The Bertz CT molecular complexity index is 923. The van der Waals surface area contributed by atoms with E-state index in [2.05, 4.69) is 26.1 Å². The normalized spacial score (nSPS) is 40.4. The van der Waals surface area contributed by atoms with Crippen molar-refractivity contribution in [1.29, 1.82) is 0 Å².